The van der Waals surface area contributed by atoms with Crippen LogP contribution in [0.1, 0.15) is 6.23 Å². The topological polar surface area (TPSA) is 277 Å². The molecule has 0 amide bonds. The van der Waals surface area contributed by atoms with Gasteiger partial charge in [-0.15, -0.1) is 0 Å². The Morgan fingerprint density at radius 2 is 1.67 bits per heavy atom. The Morgan fingerprint density at radius 1 is 1.00 bits per heavy atom. The van der Waals surface area contributed by atoms with Crippen LogP contribution in [0.2, 0.25) is 0 Å². The van der Waals surface area contributed by atoms with Gasteiger partial charge in [-0.3, -0.25) is 23.4 Å². The number of phosphoric ester groups is 2. The van der Waals surface area contributed by atoms with Gasteiger partial charge in [-0.05, 0) is 0 Å². The van der Waals surface area contributed by atoms with Crippen molar-refractivity contribution in [2.24, 2.45) is 0 Å². The van der Waals surface area contributed by atoms with E-state index in [9.17, 15) is 53.3 Å². The smallest absolute Gasteiger partial charge is 0.394 e. The van der Waals surface area contributed by atoms with Crippen LogP contribution in [0.3, 0.4) is 0 Å². The van der Waals surface area contributed by atoms with Crippen LogP contribution in [0.15, 0.2) is 21.9 Å². The molecule has 2 unspecified atom stereocenters. The van der Waals surface area contributed by atoms with E-state index in [-0.39, 0.29) is 0 Å². The minimum absolute atomic E-state index is 0.713. The van der Waals surface area contributed by atoms with Crippen LogP contribution < -0.4 is 11.2 Å². The molecule has 0 aliphatic carbocycles. The first-order valence-electron chi connectivity index (χ1n) is 9.95. The number of hydrogen-bond donors (Lipinski definition) is 8. The van der Waals surface area contributed by atoms with E-state index in [1.165, 1.54) is 0 Å². The normalized spacial score (nSPS) is 38.4. The van der Waals surface area contributed by atoms with Crippen molar-refractivity contribution in [3.05, 3.63) is 33.1 Å². The Balaban J connectivity index is 1.61. The number of ether oxygens (including phenoxy) is 2. The Kier molecular flexibility index (Phi) is 9.02. The number of H-pyrrole nitrogens is 1. The first-order chi connectivity index (χ1) is 16.7. The van der Waals surface area contributed by atoms with Crippen LogP contribution in [0.5, 0.6) is 0 Å². The fraction of sp³-hybridized carbons (Fsp3) is 0.733. The van der Waals surface area contributed by atoms with Crippen LogP contribution in [-0.2, 0) is 32.0 Å². The zero-order valence-electron chi connectivity index (χ0n) is 17.8. The molecule has 0 saturated carbocycles. The molecular formula is C15H23FN2O16P2. The molecule has 2 aliphatic rings. The van der Waals surface area contributed by atoms with Crippen molar-refractivity contribution in [1.29, 1.82) is 0 Å². The molecule has 3 heterocycles. The molecule has 1 aromatic heterocycles. The second-order valence-corrected chi connectivity index (χ2v) is 10.6. The number of hydrogen-bond acceptors (Lipinski definition) is 14. The van der Waals surface area contributed by atoms with Crippen molar-refractivity contribution in [2.75, 3.05) is 13.2 Å². The lowest BCUT2D eigenvalue weighted by atomic mass is 10.0. The van der Waals surface area contributed by atoms with Gasteiger partial charge in [-0.25, -0.2) is 18.3 Å². The summed E-state index contributed by atoms with van der Waals surface area (Å²) < 4.78 is 61.7. The van der Waals surface area contributed by atoms with E-state index in [1.54, 1.807) is 0 Å². The van der Waals surface area contributed by atoms with E-state index < -0.39 is 95.4 Å². The lowest BCUT2D eigenvalue weighted by Crippen LogP contribution is -2.57. The van der Waals surface area contributed by atoms with Gasteiger partial charge in [0.25, 0.3) is 5.56 Å². The van der Waals surface area contributed by atoms with Crippen molar-refractivity contribution < 1.29 is 71.7 Å². The van der Waals surface area contributed by atoms with Crippen LogP contribution in [0.25, 0.3) is 0 Å². The predicted molar refractivity (Wildman–Crippen MR) is 108 cm³/mol. The maximum atomic E-state index is 13.9. The third kappa shape index (κ3) is 6.53. The Morgan fingerprint density at radius 3 is 2.28 bits per heavy atom. The van der Waals surface area contributed by atoms with E-state index in [1.807, 2.05) is 4.98 Å². The van der Waals surface area contributed by atoms with Gasteiger partial charge in [0.05, 0.1) is 13.2 Å². The first kappa shape index (κ1) is 29.2. The highest BCUT2D eigenvalue weighted by atomic mass is 31.3. The summed E-state index contributed by atoms with van der Waals surface area (Å²) in [5, 5.41) is 48.5. The van der Waals surface area contributed by atoms with Gasteiger partial charge in [0.1, 0.15) is 36.6 Å². The van der Waals surface area contributed by atoms with Crippen molar-refractivity contribution in [3.63, 3.8) is 0 Å². The van der Waals surface area contributed by atoms with Crippen molar-refractivity contribution in [2.45, 2.75) is 55.3 Å². The second kappa shape index (κ2) is 11.1. The number of phosphoric acid groups is 2. The lowest BCUT2D eigenvalue weighted by molar-refractivity contribution is -0.268. The molecule has 0 aromatic carbocycles. The average Bonchev–Trinajstić information content (AvgIpc) is 3.06. The number of nitrogens with one attached hydrogen (secondary N) is 1. The first-order valence-corrected chi connectivity index (χ1v) is 12.9. The summed E-state index contributed by atoms with van der Waals surface area (Å²) in [6.07, 6.45) is -16.6. The van der Waals surface area contributed by atoms with Crippen LogP contribution in [-0.4, -0.2) is 107 Å². The summed E-state index contributed by atoms with van der Waals surface area (Å²) in [7, 11) is -11.2. The summed E-state index contributed by atoms with van der Waals surface area (Å²) in [5.41, 5.74) is -1.76. The lowest BCUT2D eigenvalue weighted by Gasteiger charge is -2.38. The quantitative estimate of drug-likeness (QED) is 0.133. The minimum atomic E-state index is -5.65. The average molecular weight is 568 g/mol. The summed E-state index contributed by atoms with van der Waals surface area (Å²) >= 11 is 0. The van der Waals surface area contributed by atoms with Gasteiger partial charge in [0.2, 0.25) is 0 Å². The fourth-order valence-electron chi connectivity index (χ4n) is 3.33. The molecule has 18 nitrogen and oxygen atoms in total. The van der Waals surface area contributed by atoms with Crippen LogP contribution >= 0.6 is 15.6 Å². The molecule has 2 aliphatic heterocycles. The van der Waals surface area contributed by atoms with Gasteiger partial charge in [-0.2, -0.15) is 4.31 Å². The number of nitrogens with zero attached hydrogens (tertiary/aromatic N) is 1. The van der Waals surface area contributed by atoms with Crippen LogP contribution in [0.4, 0.5) is 4.39 Å². The molecule has 1 aromatic rings. The van der Waals surface area contributed by atoms with Gasteiger partial charge in [-0.1, -0.05) is 0 Å². The third-order valence-corrected chi connectivity index (χ3v) is 7.71. The molecule has 36 heavy (non-hydrogen) atoms. The Labute approximate surface area is 199 Å². The number of halogens is 1. The maximum Gasteiger partial charge on any atom is 0.483 e. The van der Waals surface area contributed by atoms with Crippen molar-refractivity contribution in [3.8, 4) is 0 Å². The van der Waals surface area contributed by atoms with Crippen molar-refractivity contribution >= 4 is 15.6 Å². The number of aliphatic hydroxyl groups excluding tert-OH is 5. The molecule has 0 bridgehead atoms. The van der Waals surface area contributed by atoms with E-state index in [0.717, 1.165) is 12.3 Å². The highest BCUT2D eigenvalue weighted by Crippen LogP contribution is 2.61. The Bertz CT molecular complexity index is 1130. The van der Waals surface area contributed by atoms with Crippen molar-refractivity contribution in [1.82, 2.24) is 9.55 Å². The molecule has 0 spiro atoms. The summed E-state index contributed by atoms with van der Waals surface area (Å²) in [4.78, 5) is 44.4. The monoisotopic (exact) mass is 568 g/mol. The number of rotatable bonds is 9. The van der Waals surface area contributed by atoms with E-state index in [2.05, 4.69) is 13.4 Å². The van der Waals surface area contributed by atoms with Gasteiger partial charge in [0.15, 0.2) is 18.7 Å². The third-order valence-electron chi connectivity index (χ3n) is 5.11. The van der Waals surface area contributed by atoms with E-state index in [4.69, 9.17) is 14.6 Å². The zero-order chi connectivity index (χ0) is 27.0. The molecule has 0 radical (unpaired) electrons. The predicted octanol–water partition coefficient (Wildman–Crippen LogP) is -3.82. The number of alkyl halides is 1. The molecular weight excluding hydrogens is 545 g/mol. The molecule has 206 valence electrons. The molecule has 2 fully saturated rings. The fourth-order valence-corrected chi connectivity index (χ4v) is 5.48. The number of aliphatic hydroxyl groups is 5. The molecule has 2 saturated heterocycles. The maximum absolute atomic E-state index is 13.9. The zero-order valence-corrected chi connectivity index (χ0v) is 19.6. The number of aromatic amines is 1. The molecule has 3 rings (SSSR count). The van der Waals surface area contributed by atoms with Gasteiger partial charge < -0.3 is 44.8 Å². The second-order valence-electron chi connectivity index (χ2n) is 7.63. The molecule has 21 heteroatoms. The summed E-state index contributed by atoms with van der Waals surface area (Å²) in [5.74, 6) is 0. The summed E-state index contributed by atoms with van der Waals surface area (Å²) in [6.45, 7) is -2.03. The Hall–Kier alpha value is -1.41. The van der Waals surface area contributed by atoms with Gasteiger partial charge in [0, 0.05) is 12.3 Å². The van der Waals surface area contributed by atoms with Gasteiger partial charge >= 0.3 is 21.3 Å². The largest absolute Gasteiger partial charge is 0.483 e. The molecule has 8 N–H and O–H groups in total. The van der Waals surface area contributed by atoms with E-state index in [0.29, 0.717) is 4.57 Å². The summed E-state index contributed by atoms with van der Waals surface area (Å²) in [6, 6.07) is 0.920. The molecule has 11 atom stereocenters. The highest BCUT2D eigenvalue weighted by molar-refractivity contribution is 7.61. The highest BCUT2D eigenvalue weighted by Gasteiger charge is 2.50. The number of aromatic nitrogens is 2. The van der Waals surface area contributed by atoms with E-state index >= 15 is 0 Å². The SMILES string of the molecule is O=c1ccn([C@@H]2O[C@H](COP(=O)(O)OP(=O)(O)O[C@H]3O[C@H](CO)[C@H](O)[C@H](F)[C@H]3O)[C@@H](O)[C@H]2O)c(=O)[nH]1. The van der Waals surface area contributed by atoms with Crippen LogP contribution in [0, 0.1) is 0 Å². The standard InChI is InChI=1S/C15H23FN2O16P2/c16-8-9(21)5(3-19)32-14(11(8)23)33-36(28,29)34-35(26,27)30-4-6-10(22)12(24)13(31-6)18-2-1-7(20)17-15(18)25/h1-2,5-6,8-14,19,21-24H,3-4H2,(H,26,27)(H,28,29)(H,17,20,25)/t5-,6-,8+,9+,10-,11-,12-,13-,14-/m1/s1. The minimum Gasteiger partial charge on any atom is -0.394 e.